The second kappa shape index (κ2) is 8.93. The molecular weight excluding hydrogens is 407 g/mol. The topological polar surface area (TPSA) is 62.5 Å². The SMILES string of the molecule is CC(c1ccccc1Cl)N1CCN(C(=O)c2noc(Cc3ccccc3F)n2)CC1. The Kier molecular flexibility index (Phi) is 6.11. The lowest BCUT2D eigenvalue weighted by molar-refractivity contribution is 0.0568. The van der Waals surface area contributed by atoms with Gasteiger partial charge in [0, 0.05) is 37.2 Å². The summed E-state index contributed by atoms with van der Waals surface area (Å²) in [5, 5.41) is 4.55. The van der Waals surface area contributed by atoms with Gasteiger partial charge in [0.05, 0.1) is 6.42 Å². The number of aromatic nitrogens is 2. The number of benzene rings is 2. The van der Waals surface area contributed by atoms with E-state index in [2.05, 4.69) is 22.0 Å². The van der Waals surface area contributed by atoms with Crippen molar-refractivity contribution in [2.75, 3.05) is 26.2 Å². The first kappa shape index (κ1) is 20.5. The van der Waals surface area contributed by atoms with Gasteiger partial charge >= 0.3 is 0 Å². The Morgan fingerprint density at radius 1 is 1.13 bits per heavy atom. The fraction of sp³-hybridized carbons (Fsp3) is 0.318. The molecule has 1 fully saturated rings. The molecule has 0 spiro atoms. The fourth-order valence-corrected chi connectivity index (χ4v) is 3.98. The van der Waals surface area contributed by atoms with Gasteiger partial charge in [0.25, 0.3) is 11.7 Å². The quantitative estimate of drug-likeness (QED) is 0.615. The van der Waals surface area contributed by atoms with E-state index in [-0.39, 0.29) is 35.9 Å². The molecule has 0 aliphatic carbocycles. The summed E-state index contributed by atoms with van der Waals surface area (Å²) < 4.78 is 19.0. The van der Waals surface area contributed by atoms with Crippen LogP contribution < -0.4 is 0 Å². The summed E-state index contributed by atoms with van der Waals surface area (Å²) in [6.45, 7) is 4.68. The molecule has 156 valence electrons. The van der Waals surface area contributed by atoms with E-state index in [4.69, 9.17) is 16.1 Å². The molecule has 4 rings (SSSR count). The molecule has 1 atom stereocenters. The number of hydrogen-bond donors (Lipinski definition) is 0. The molecular formula is C22H22ClFN4O2. The second-order valence-corrected chi connectivity index (χ2v) is 7.71. The fourth-order valence-electron chi connectivity index (χ4n) is 3.68. The molecule has 0 saturated carbocycles. The van der Waals surface area contributed by atoms with Gasteiger partial charge in [0.15, 0.2) is 0 Å². The minimum atomic E-state index is -0.340. The van der Waals surface area contributed by atoms with Gasteiger partial charge in [0.1, 0.15) is 5.82 Å². The Morgan fingerprint density at radius 2 is 1.83 bits per heavy atom. The molecule has 2 aromatic carbocycles. The normalized spacial score (nSPS) is 15.9. The van der Waals surface area contributed by atoms with Gasteiger partial charge in [-0.1, -0.05) is 53.2 Å². The number of carbonyl (C=O) groups is 1. The smallest absolute Gasteiger partial charge is 0.295 e. The van der Waals surface area contributed by atoms with Crippen molar-refractivity contribution >= 4 is 17.5 Å². The van der Waals surface area contributed by atoms with Crippen LogP contribution in [-0.4, -0.2) is 52.0 Å². The Bertz CT molecular complexity index is 1030. The third-order valence-electron chi connectivity index (χ3n) is 5.46. The number of hydrogen-bond acceptors (Lipinski definition) is 5. The monoisotopic (exact) mass is 428 g/mol. The highest BCUT2D eigenvalue weighted by Gasteiger charge is 2.28. The summed E-state index contributed by atoms with van der Waals surface area (Å²) in [5.41, 5.74) is 1.53. The Balaban J connectivity index is 1.36. The van der Waals surface area contributed by atoms with Crippen LogP contribution in [0.3, 0.4) is 0 Å². The molecule has 6 nitrogen and oxygen atoms in total. The number of rotatable bonds is 5. The molecule has 8 heteroatoms. The lowest BCUT2D eigenvalue weighted by Gasteiger charge is -2.38. The van der Waals surface area contributed by atoms with E-state index in [1.54, 1.807) is 23.1 Å². The predicted molar refractivity (Wildman–Crippen MR) is 111 cm³/mol. The van der Waals surface area contributed by atoms with E-state index >= 15 is 0 Å². The zero-order chi connectivity index (χ0) is 21.1. The second-order valence-electron chi connectivity index (χ2n) is 7.31. The molecule has 1 aromatic heterocycles. The molecule has 1 amide bonds. The molecule has 1 unspecified atom stereocenters. The minimum Gasteiger partial charge on any atom is -0.338 e. The minimum absolute atomic E-state index is 0.00828. The Labute approximate surface area is 179 Å². The van der Waals surface area contributed by atoms with E-state index in [1.165, 1.54) is 6.07 Å². The van der Waals surface area contributed by atoms with Gasteiger partial charge in [0.2, 0.25) is 5.89 Å². The van der Waals surface area contributed by atoms with E-state index in [0.29, 0.717) is 18.7 Å². The third kappa shape index (κ3) is 4.37. The molecule has 1 saturated heterocycles. The first-order chi connectivity index (χ1) is 14.5. The van der Waals surface area contributed by atoms with E-state index in [9.17, 15) is 9.18 Å². The average Bonchev–Trinajstić information content (AvgIpc) is 3.23. The summed E-state index contributed by atoms with van der Waals surface area (Å²) in [5.74, 6) is -0.390. The van der Waals surface area contributed by atoms with Gasteiger partial charge in [-0.3, -0.25) is 9.69 Å². The largest absolute Gasteiger partial charge is 0.338 e. The van der Waals surface area contributed by atoms with Crippen molar-refractivity contribution in [1.29, 1.82) is 0 Å². The summed E-state index contributed by atoms with van der Waals surface area (Å²) in [6.07, 6.45) is 0.149. The van der Waals surface area contributed by atoms with Gasteiger partial charge in [-0.05, 0) is 30.2 Å². The number of nitrogens with zero attached hydrogens (tertiary/aromatic N) is 4. The van der Waals surface area contributed by atoms with E-state index < -0.39 is 0 Å². The average molecular weight is 429 g/mol. The van der Waals surface area contributed by atoms with Crippen LogP contribution >= 0.6 is 11.6 Å². The number of amides is 1. The Morgan fingerprint density at radius 3 is 2.57 bits per heavy atom. The zero-order valence-electron chi connectivity index (χ0n) is 16.6. The van der Waals surface area contributed by atoms with E-state index in [0.717, 1.165) is 23.7 Å². The van der Waals surface area contributed by atoms with Crippen molar-refractivity contribution in [2.24, 2.45) is 0 Å². The molecule has 0 bridgehead atoms. The number of carbonyl (C=O) groups excluding carboxylic acids is 1. The maximum atomic E-state index is 13.8. The van der Waals surface area contributed by atoms with Crippen molar-refractivity contribution in [1.82, 2.24) is 19.9 Å². The van der Waals surface area contributed by atoms with Crippen molar-refractivity contribution in [3.05, 3.63) is 82.2 Å². The van der Waals surface area contributed by atoms with Gasteiger partial charge in [-0.2, -0.15) is 4.98 Å². The number of piperazine rings is 1. The van der Waals surface area contributed by atoms with Crippen molar-refractivity contribution in [3.8, 4) is 0 Å². The summed E-state index contributed by atoms with van der Waals surface area (Å²) in [4.78, 5) is 20.9. The Hall–Kier alpha value is -2.77. The van der Waals surface area contributed by atoms with Crippen LogP contribution in [0.5, 0.6) is 0 Å². The first-order valence-electron chi connectivity index (χ1n) is 9.86. The van der Waals surface area contributed by atoms with Crippen molar-refractivity contribution in [3.63, 3.8) is 0 Å². The van der Waals surface area contributed by atoms with Gasteiger partial charge in [-0.15, -0.1) is 0 Å². The van der Waals surface area contributed by atoms with E-state index in [1.807, 2.05) is 24.3 Å². The maximum absolute atomic E-state index is 13.8. The predicted octanol–water partition coefficient (Wildman–Crippen LogP) is 3.97. The van der Waals surface area contributed by atoms with Crippen LogP contribution in [0.15, 0.2) is 53.1 Å². The standard InChI is InChI=1S/C22H22ClFN4O2/c1-15(17-7-3-4-8-18(17)23)27-10-12-28(13-11-27)22(29)21-25-20(30-26-21)14-16-6-2-5-9-19(16)24/h2-9,15H,10-14H2,1H3. The third-order valence-corrected chi connectivity index (χ3v) is 5.81. The van der Waals surface area contributed by atoms with Crippen molar-refractivity contribution < 1.29 is 13.7 Å². The lowest BCUT2D eigenvalue weighted by Crippen LogP contribution is -2.49. The molecule has 1 aliphatic heterocycles. The molecule has 3 aromatic rings. The summed E-state index contributed by atoms with van der Waals surface area (Å²) in [6, 6.07) is 14.4. The highest BCUT2D eigenvalue weighted by atomic mass is 35.5. The van der Waals surface area contributed by atoms with Gasteiger partial charge < -0.3 is 9.42 Å². The zero-order valence-corrected chi connectivity index (χ0v) is 17.3. The van der Waals surface area contributed by atoms with Crippen LogP contribution in [0, 0.1) is 5.82 Å². The van der Waals surface area contributed by atoms with Crippen LogP contribution in [0.4, 0.5) is 4.39 Å². The molecule has 1 aliphatic rings. The van der Waals surface area contributed by atoms with Gasteiger partial charge in [-0.25, -0.2) is 4.39 Å². The molecule has 0 N–H and O–H groups in total. The van der Waals surface area contributed by atoms with Crippen LogP contribution in [0.2, 0.25) is 5.02 Å². The number of halogens is 2. The summed E-state index contributed by atoms with van der Waals surface area (Å²) >= 11 is 6.33. The van der Waals surface area contributed by atoms with Crippen molar-refractivity contribution in [2.45, 2.75) is 19.4 Å². The molecule has 30 heavy (non-hydrogen) atoms. The lowest BCUT2D eigenvalue weighted by atomic mass is 10.1. The van der Waals surface area contributed by atoms with Crippen LogP contribution in [-0.2, 0) is 6.42 Å². The highest BCUT2D eigenvalue weighted by Crippen LogP contribution is 2.28. The molecule has 0 radical (unpaired) electrons. The summed E-state index contributed by atoms with van der Waals surface area (Å²) in [7, 11) is 0. The highest BCUT2D eigenvalue weighted by molar-refractivity contribution is 6.31. The first-order valence-corrected chi connectivity index (χ1v) is 10.2. The molecule has 2 heterocycles. The van der Waals surface area contributed by atoms with Crippen LogP contribution in [0.1, 0.15) is 40.6 Å². The van der Waals surface area contributed by atoms with Crippen LogP contribution in [0.25, 0.3) is 0 Å². The maximum Gasteiger partial charge on any atom is 0.295 e.